The third-order valence-electron chi connectivity index (χ3n) is 2.90. The van der Waals surface area contributed by atoms with Crippen molar-refractivity contribution in [2.75, 3.05) is 0 Å². The molecule has 0 atom stereocenters. The summed E-state index contributed by atoms with van der Waals surface area (Å²) in [6.07, 6.45) is 15.8. The third kappa shape index (κ3) is 9.78. The van der Waals surface area contributed by atoms with Gasteiger partial charge in [0, 0.05) is 0 Å². The molecule has 0 aliphatic heterocycles. The van der Waals surface area contributed by atoms with E-state index in [9.17, 15) is 0 Å². The normalized spacial score (nSPS) is 12.2. The van der Waals surface area contributed by atoms with Crippen LogP contribution in [0.25, 0.3) is 0 Å². The van der Waals surface area contributed by atoms with Crippen LogP contribution in [0.3, 0.4) is 0 Å². The van der Waals surface area contributed by atoms with Gasteiger partial charge in [-0.3, -0.25) is 0 Å². The van der Waals surface area contributed by atoms with Gasteiger partial charge in [0.15, 0.2) is 0 Å². The Morgan fingerprint density at radius 2 is 1.67 bits per heavy atom. The van der Waals surface area contributed by atoms with Gasteiger partial charge in [0.05, 0.1) is 0 Å². The van der Waals surface area contributed by atoms with Crippen LogP contribution < -0.4 is 0 Å². The van der Waals surface area contributed by atoms with Crippen molar-refractivity contribution >= 4 is 0 Å². The average molecular weight is 208 g/mol. The molecule has 0 aromatic rings. The predicted molar refractivity (Wildman–Crippen MR) is 71.1 cm³/mol. The minimum absolute atomic E-state index is 0.298. The summed E-state index contributed by atoms with van der Waals surface area (Å²) in [5.74, 6) is 0. The van der Waals surface area contributed by atoms with Crippen molar-refractivity contribution in [3.05, 3.63) is 24.8 Å². The molecule has 0 heterocycles. The lowest BCUT2D eigenvalue weighted by molar-refractivity contribution is 0.443. The van der Waals surface area contributed by atoms with Crippen molar-refractivity contribution in [3.63, 3.8) is 0 Å². The Labute approximate surface area is 96.5 Å². The van der Waals surface area contributed by atoms with Crippen molar-refractivity contribution in [3.8, 4) is 0 Å². The second-order valence-corrected chi connectivity index (χ2v) is 5.05. The fourth-order valence-corrected chi connectivity index (χ4v) is 1.48. The summed E-state index contributed by atoms with van der Waals surface area (Å²) in [6.45, 7) is 10.6. The van der Waals surface area contributed by atoms with Crippen LogP contribution in [0.5, 0.6) is 0 Å². The molecule has 0 fully saturated rings. The van der Waals surface area contributed by atoms with E-state index < -0.39 is 0 Å². The molecule has 0 unspecified atom stereocenters. The zero-order chi connectivity index (χ0) is 11.6. The van der Waals surface area contributed by atoms with Crippen LogP contribution in [0.2, 0.25) is 0 Å². The Morgan fingerprint density at radius 1 is 1.00 bits per heavy atom. The highest BCUT2D eigenvalue weighted by molar-refractivity contribution is 4.91. The van der Waals surface area contributed by atoms with Crippen LogP contribution in [0.15, 0.2) is 24.8 Å². The first kappa shape index (κ1) is 14.5. The summed E-state index contributed by atoms with van der Waals surface area (Å²) >= 11 is 0. The quantitative estimate of drug-likeness (QED) is 0.346. The molecular weight excluding hydrogens is 180 g/mol. The van der Waals surface area contributed by atoms with Crippen LogP contribution in [-0.4, -0.2) is 0 Å². The van der Waals surface area contributed by atoms with Crippen molar-refractivity contribution in [2.24, 2.45) is 5.41 Å². The van der Waals surface area contributed by atoms with Gasteiger partial charge < -0.3 is 0 Å². The Balaban J connectivity index is 3.35. The number of hydrogen-bond acceptors (Lipinski definition) is 0. The zero-order valence-electron chi connectivity index (χ0n) is 10.9. The van der Waals surface area contributed by atoms with Crippen molar-refractivity contribution in [2.45, 2.75) is 65.7 Å². The van der Waals surface area contributed by atoms with E-state index in [-0.39, 0.29) is 0 Å². The van der Waals surface area contributed by atoms with Gasteiger partial charge in [-0.05, 0) is 31.1 Å². The molecule has 0 nitrogen and oxygen atoms in total. The number of rotatable bonds is 9. The van der Waals surface area contributed by atoms with E-state index in [0.29, 0.717) is 5.41 Å². The maximum Gasteiger partial charge on any atom is -0.0175 e. The molecule has 0 aliphatic carbocycles. The molecule has 0 rings (SSSR count). The summed E-state index contributed by atoms with van der Waals surface area (Å²) in [4.78, 5) is 0. The highest BCUT2D eigenvalue weighted by Gasteiger charge is 2.10. The van der Waals surface area contributed by atoms with Crippen LogP contribution in [0.4, 0.5) is 0 Å². The molecule has 0 spiro atoms. The van der Waals surface area contributed by atoms with Gasteiger partial charge in [-0.25, -0.2) is 0 Å². The minimum Gasteiger partial charge on any atom is -0.103 e. The van der Waals surface area contributed by atoms with E-state index in [2.05, 4.69) is 45.6 Å². The first-order chi connectivity index (χ1) is 7.12. The highest BCUT2D eigenvalue weighted by Crippen LogP contribution is 2.23. The lowest BCUT2D eigenvalue weighted by Crippen LogP contribution is -2.05. The molecule has 15 heavy (non-hydrogen) atoms. The molecule has 0 aliphatic rings. The van der Waals surface area contributed by atoms with Gasteiger partial charge in [-0.1, -0.05) is 58.3 Å². The van der Waals surface area contributed by atoms with Crippen LogP contribution in [0, 0.1) is 5.41 Å². The van der Waals surface area contributed by atoms with E-state index in [1.54, 1.807) is 0 Å². The monoisotopic (exact) mass is 208 g/mol. The molecule has 88 valence electrons. The van der Waals surface area contributed by atoms with Gasteiger partial charge in [-0.2, -0.15) is 0 Å². The summed E-state index contributed by atoms with van der Waals surface area (Å²) in [5.41, 5.74) is 0.298. The fraction of sp³-hybridized carbons (Fsp3) is 0.733. The van der Waals surface area contributed by atoms with E-state index in [0.717, 1.165) is 0 Å². The predicted octanol–water partition coefficient (Wildman–Crippen LogP) is 5.51. The summed E-state index contributed by atoms with van der Waals surface area (Å²) in [6, 6.07) is 0. The fourth-order valence-electron chi connectivity index (χ4n) is 1.48. The molecule has 0 amide bonds. The van der Waals surface area contributed by atoms with Crippen molar-refractivity contribution < 1.29 is 0 Å². The molecule has 0 aromatic heterocycles. The van der Waals surface area contributed by atoms with Gasteiger partial charge in [0.1, 0.15) is 0 Å². The smallest absolute Gasteiger partial charge is 0.0175 e. The number of allylic oxidation sites excluding steroid dienone is 3. The van der Waals surface area contributed by atoms with E-state index in [4.69, 9.17) is 0 Å². The Hall–Kier alpha value is -0.520. The summed E-state index contributed by atoms with van der Waals surface area (Å²) in [7, 11) is 0. The van der Waals surface area contributed by atoms with Gasteiger partial charge in [0.2, 0.25) is 0 Å². The Kier molecular flexibility index (Phi) is 8.46. The third-order valence-corrected chi connectivity index (χ3v) is 2.90. The zero-order valence-corrected chi connectivity index (χ0v) is 10.9. The molecular formula is C15H28. The molecule has 0 radical (unpaired) electrons. The van der Waals surface area contributed by atoms with E-state index in [1.807, 2.05) is 0 Å². The molecule has 0 heteroatoms. The van der Waals surface area contributed by atoms with Gasteiger partial charge in [0.25, 0.3) is 0 Å². The molecule has 0 bridgehead atoms. The maximum atomic E-state index is 3.86. The summed E-state index contributed by atoms with van der Waals surface area (Å²) in [5, 5.41) is 0. The first-order valence-electron chi connectivity index (χ1n) is 6.41. The van der Waals surface area contributed by atoms with Gasteiger partial charge in [-0.15, -0.1) is 6.58 Å². The lowest BCUT2D eigenvalue weighted by atomic mass is 9.88. The Morgan fingerprint density at radius 3 is 2.27 bits per heavy atom. The first-order valence-corrected chi connectivity index (χ1v) is 6.41. The molecule has 0 saturated carbocycles. The van der Waals surface area contributed by atoms with E-state index >= 15 is 0 Å². The molecule has 0 N–H and O–H groups in total. The van der Waals surface area contributed by atoms with Crippen LogP contribution in [-0.2, 0) is 0 Å². The SMILES string of the molecule is C=CC(C)(C)CCC=CCCCCCC. The van der Waals surface area contributed by atoms with Crippen LogP contribution >= 0.6 is 0 Å². The average Bonchev–Trinajstić information content (AvgIpc) is 2.22. The van der Waals surface area contributed by atoms with E-state index in [1.165, 1.54) is 44.9 Å². The Bertz CT molecular complexity index is 174. The van der Waals surface area contributed by atoms with Crippen molar-refractivity contribution in [1.29, 1.82) is 0 Å². The summed E-state index contributed by atoms with van der Waals surface area (Å²) < 4.78 is 0. The standard InChI is InChI=1S/C15H28/c1-5-7-8-9-10-11-12-13-14-15(3,4)6-2/h6,11-12H,2,5,7-10,13-14H2,1,3-4H3. The second-order valence-electron chi connectivity index (χ2n) is 5.05. The largest absolute Gasteiger partial charge is 0.103 e. The van der Waals surface area contributed by atoms with Crippen molar-refractivity contribution in [1.82, 2.24) is 0 Å². The molecule has 0 saturated heterocycles. The number of hydrogen-bond donors (Lipinski definition) is 0. The topological polar surface area (TPSA) is 0 Å². The maximum absolute atomic E-state index is 3.86. The lowest BCUT2D eigenvalue weighted by Gasteiger charge is -2.17. The highest BCUT2D eigenvalue weighted by atomic mass is 14.1. The van der Waals surface area contributed by atoms with Crippen LogP contribution in [0.1, 0.15) is 65.7 Å². The minimum atomic E-state index is 0.298. The van der Waals surface area contributed by atoms with Gasteiger partial charge >= 0.3 is 0 Å². The molecule has 0 aromatic carbocycles. The number of unbranched alkanes of at least 4 members (excludes halogenated alkanes) is 4. The second kappa shape index (κ2) is 8.76.